The molecular formula is C16H20FN5O2. The van der Waals surface area contributed by atoms with E-state index in [1.807, 2.05) is 11.6 Å². The van der Waals surface area contributed by atoms with E-state index < -0.39 is 5.82 Å². The van der Waals surface area contributed by atoms with Crippen LogP contribution in [0.25, 0.3) is 0 Å². The molecule has 2 heterocycles. The van der Waals surface area contributed by atoms with E-state index in [9.17, 15) is 9.18 Å². The Hall–Kier alpha value is -2.64. The van der Waals surface area contributed by atoms with Crippen molar-refractivity contribution in [2.24, 2.45) is 7.05 Å². The first-order valence-corrected chi connectivity index (χ1v) is 7.82. The summed E-state index contributed by atoms with van der Waals surface area (Å²) in [4.78, 5) is 14.0. The molecule has 0 radical (unpaired) electrons. The van der Waals surface area contributed by atoms with E-state index in [2.05, 4.69) is 15.5 Å². The molecule has 0 spiro atoms. The Bertz CT molecular complexity index is 725. The van der Waals surface area contributed by atoms with Gasteiger partial charge in [0.25, 0.3) is 0 Å². The Morgan fingerprint density at radius 1 is 1.38 bits per heavy atom. The van der Waals surface area contributed by atoms with Crippen LogP contribution >= 0.6 is 0 Å². The van der Waals surface area contributed by atoms with Crippen LogP contribution in [0.3, 0.4) is 0 Å². The van der Waals surface area contributed by atoms with Gasteiger partial charge >= 0.3 is 6.03 Å². The maximum Gasteiger partial charge on any atom is 0.321 e. The molecule has 128 valence electrons. The summed E-state index contributed by atoms with van der Waals surface area (Å²) >= 11 is 0. The van der Waals surface area contributed by atoms with Gasteiger partial charge in [0.1, 0.15) is 23.7 Å². The lowest BCUT2D eigenvalue weighted by Crippen LogP contribution is -2.41. The van der Waals surface area contributed by atoms with Gasteiger partial charge in [-0.25, -0.2) is 9.18 Å². The number of amides is 2. The highest BCUT2D eigenvalue weighted by molar-refractivity contribution is 5.89. The molecule has 0 unspecified atom stereocenters. The zero-order valence-electron chi connectivity index (χ0n) is 13.7. The van der Waals surface area contributed by atoms with Crippen LogP contribution in [-0.2, 0) is 7.05 Å². The van der Waals surface area contributed by atoms with Crippen molar-refractivity contribution in [2.45, 2.75) is 18.8 Å². The van der Waals surface area contributed by atoms with Crippen molar-refractivity contribution < 1.29 is 13.9 Å². The van der Waals surface area contributed by atoms with Gasteiger partial charge in [-0.15, -0.1) is 10.2 Å². The molecule has 1 N–H and O–H groups in total. The number of carbonyl (C=O) groups excluding carboxylic acids is 1. The minimum atomic E-state index is -0.488. The van der Waals surface area contributed by atoms with Crippen molar-refractivity contribution in [1.82, 2.24) is 19.7 Å². The van der Waals surface area contributed by atoms with Crippen molar-refractivity contribution in [3.63, 3.8) is 0 Å². The first kappa shape index (κ1) is 16.2. The van der Waals surface area contributed by atoms with Gasteiger partial charge in [-0.05, 0) is 25.0 Å². The normalized spacial score (nSPS) is 15.4. The zero-order chi connectivity index (χ0) is 17.1. The number of benzene rings is 1. The van der Waals surface area contributed by atoms with Crippen molar-refractivity contribution >= 4 is 11.7 Å². The number of anilines is 1. The van der Waals surface area contributed by atoms with E-state index in [4.69, 9.17) is 4.74 Å². The monoisotopic (exact) mass is 333 g/mol. The largest absolute Gasteiger partial charge is 0.497 e. The lowest BCUT2D eigenvalue weighted by Gasteiger charge is -2.31. The Morgan fingerprint density at radius 2 is 2.12 bits per heavy atom. The third-order valence-electron chi connectivity index (χ3n) is 4.31. The van der Waals surface area contributed by atoms with E-state index in [0.29, 0.717) is 18.8 Å². The van der Waals surface area contributed by atoms with Crippen molar-refractivity contribution in [3.05, 3.63) is 36.2 Å². The van der Waals surface area contributed by atoms with Crippen molar-refractivity contribution in [2.75, 3.05) is 25.5 Å². The number of carbonyl (C=O) groups is 1. The van der Waals surface area contributed by atoms with E-state index in [1.165, 1.54) is 25.3 Å². The molecule has 1 saturated heterocycles. The summed E-state index contributed by atoms with van der Waals surface area (Å²) in [5, 5.41) is 10.7. The van der Waals surface area contributed by atoms with E-state index in [-0.39, 0.29) is 17.6 Å². The molecule has 24 heavy (non-hydrogen) atoms. The fraction of sp³-hybridized carbons (Fsp3) is 0.438. The van der Waals surface area contributed by atoms with Crippen LogP contribution in [0.2, 0.25) is 0 Å². The topological polar surface area (TPSA) is 72.3 Å². The molecule has 7 nitrogen and oxygen atoms in total. The van der Waals surface area contributed by atoms with Crippen LogP contribution in [0.1, 0.15) is 24.6 Å². The molecule has 1 aliphatic rings. The number of piperidine rings is 1. The molecule has 0 bridgehead atoms. The van der Waals surface area contributed by atoms with Gasteiger partial charge in [-0.3, -0.25) is 0 Å². The number of hydrogen-bond acceptors (Lipinski definition) is 4. The summed E-state index contributed by atoms with van der Waals surface area (Å²) in [5.74, 6) is 1.23. The molecule has 2 aromatic rings. The van der Waals surface area contributed by atoms with E-state index in [0.717, 1.165) is 18.7 Å². The number of ether oxygens (including phenoxy) is 1. The summed E-state index contributed by atoms with van der Waals surface area (Å²) in [6, 6.07) is 3.95. The summed E-state index contributed by atoms with van der Waals surface area (Å²) in [6.45, 7) is 1.18. The Labute approximate surface area is 139 Å². The number of likely N-dealkylation sites (tertiary alicyclic amines) is 1. The molecule has 0 saturated carbocycles. The first-order chi connectivity index (χ1) is 11.6. The van der Waals surface area contributed by atoms with Crippen LogP contribution < -0.4 is 10.1 Å². The maximum absolute atomic E-state index is 13.8. The first-order valence-electron chi connectivity index (χ1n) is 7.82. The van der Waals surface area contributed by atoms with Gasteiger partial charge in [0.2, 0.25) is 0 Å². The zero-order valence-corrected chi connectivity index (χ0v) is 13.7. The number of halogens is 1. The number of nitrogens with zero attached hydrogens (tertiary/aromatic N) is 4. The molecule has 1 aromatic carbocycles. The minimum absolute atomic E-state index is 0.120. The summed E-state index contributed by atoms with van der Waals surface area (Å²) in [7, 11) is 3.41. The summed E-state index contributed by atoms with van der Waals surface area (Å²) in [5.41, 5.74) is 0.120. The maximum atomic E-state index is 13.8. The average molecular weight is 333 g/mol. The van der Waals surface area contributed by atoms with Crippen LogP contribution in [-0.4, -0.2) is 45.9 Å². The predicted molar refractivity (Wildman–Crippen MR) is 86.5 cm³/mol. The van der Waals surface area contributed by atoms with Gasteiger partial charge in [-0.1, -0.05) is 0 Å². The molecule has 8 heteroatoms. The van der Waals surface area contributed by atoms with Crippen molar-refractivity contribution in [1.29, 1.82) is 0 Å². The number of rotatable bonds is 3. The highest BCUT2D eigenvalue weighted by atomic mass is 19.1. The molecule has 1 aliphatic heterocycles. The minimum Gasteiger partial charge on any atom is -0.497 e. The van der Waals surface area contributed by atoms with Crippen LogP contribution in [0.4, 0.5) is 14.9 Å². The number of methoxy groups -OCH3 is 1. The smallest absolute Gasteiger partial charge is 0.321 e. The highest BCUT2D eigenvalue weighted by Gasteiger charge is 2.26. The fourth-order valence-corrected chi connectivity index (χ4v) is 2.92. The number of nitrogens with one attached hydrogen (secondary N) is 1. The van der Waals surface area contributed by atoms with E-state index >= 15 is 0 Å². The molecule has 3 rings (SSSR count). The van der Waals surface area contributed by atoms with Gasteiger partial charge < -0.3 is 19.5 Å². The van der Waals surface area contributed by atoms with Gasteiger partial charge in [-0.2, -0.15) is 0 Å². The van der Waals surface area contributed by atoms with Gasteiger partial charge in [0.15, 0.2) is 0 Å². The van der Waals surface area contributed by atoms with Crippen LogP contribution in [0, 0.1) is 5.82 Å². The molecule has 1 aromatic heterocycles. The quantitative estimate of drug-likeness (QED) is 0.936. The van der Waals surface area contributed by atoms with Gasteiger partial charge in [0, 0.05) is 32.1 Å². The molecule has 0 atom stereocenters. The number of urea groups is 1. The van der Waals surface area contributed by atoms with Crippen LogP contribution in [0.15, 0.2) is 24.5 Å². The standard InChI is InChI=1S/C16H20FN5O2/c1-21-10-18-20-15(21)11-5-7-22(8-6-11)16(23)19-14-9-12(24-2)3-4-13(14)17/h3-4,9-11H,5-8H2,1-2H3,(H,19,23). The number of aromatic nitrogens is 3. The molecule has 0 aliphatic carbocycles. The fourth-order valence-electron chi connectivity index (χ4n) is 2.92. The average Bonchev–Trinajstić information content (AvgIpc) is 3.03. The predicted octanol–water partition coefficient (Wildman–Crippen LogP) is 2.37. The SMILES string of the molecule is COc1ccc(F)c(NC(=O)N2CCC(c3nncn3C)CC2)c1. The van der Waals surface area contributed by atoms with Gasteiger partial charge in [0.05, 0.1) is 12.8 Å². The number of hydrogen-bond donors (Lipinski definition) is 1. The highest BCUT2D eigenvalue weighted by Crippen LogP contribution is 2.27. The second kappa shape index (κ2) is 6.86. The Morgan fingerprint density at radius 3 is 2.75 bits per heavy atom. The third-order valence-corrected chi connectivity index (χ3v) is 4.31. The summed E-state index contributed by atoms with van der Waals surface area (Å²) < 4.78 is 20.8. The molecule has 1 fully saturated rings. The van der Waals surface area contributed by atoms with Crippen LogP contribution in [0.5, 0.6) is 5.75 Å². The second-order valence-corrected chi connectivity index (χ2v) is 5.84. The Balaban J connectivity index is 1.60. The van der Waals surface area contributed by atoms with E-state index in [1.54, 1.807) is 11.2 Å². The lowest BCUT2D eigenvalue weighted by molar-refractivity contribution is 0.193. The molecular weight excluding hydrogens is 313 g/mol. The third kappa shape index (κ3) is 3.32. The summed E-state index contributed by atoms with van der Waals surface area (Å²) in [6.07, 6.45) is 3.29. The Kier molecular flexibility index (Phi) is 4.64. The number of aryl methyl sites for hydroxylation is 1. The van der Waals surface area contributed by atoms with Crippen molar-refractivity contribution in [3.8, 4) is 5.75 Å². The second-order valence-electron chi connectivity index (χ2n) is 5.84. The molecule has 2 amide bonds. The lowest BCUT2D eigenvalue weighted by atomic mass is 9.96.